The fourth-order valence-electron chi connectivity index (χ4n) is 5.59. The summed E-state index contributed by atoms with van der Waals surface area (Å²) in [4.78, 5) is 25.1. The maximum atomic E-state index is 12.7. The molecule has 338 valence electrons. The van der Waals surface area contributed by atoms with Crippen LogP contribution >= 0.6 is 7.82 Å². The molecule has 0 aliphatic rings. The van der Waals surface area contributed by atoms with Crippen LogP contribution in [0.15, 0.2) is 97.2 Å². The lowest BCUT2D eigenvalue weighted by Crippen LogP contribution is -2.37. The second-order valence-electron chi connectivity index (χ2n) is 16.0. The molecule has 0 aliphatic carbocycles. The van der Waals surface area contributed by atoms with Crippen LogP contribution in [0.25, 0.3) is 0 Å². The summed E-state index contributed by atoms with van der Waals surface area (Å²) in [5, 5.41) is 0. The van der Waals surface area contributed by atoms with Crippen molar-refractivity contribution in [1.29, 1.82) is 0 Å². The van der Waals surface area contributed by atoms with Gasteiger partial charge in [0, 0.05) is 13.0 Å². The summed E-state index contributed by atoms with van der Waals surface area (Å²) in [7, 11) is 1.31. The summed E-state index contributed by atoms with van der Waals surface area (Å²) in [6, 6.07) is 0. The molecule has 2 atom stereocenters. The zero-order valence-corrected chi connectivity index (χ0v) is 39.1. The monoisotopic (exact) mass is 844 g/mol. The van der Waals surface area contributed by atoms with Crippen molar-refractivity contribution in [3.63, 3.8) is 0 Å². The summed E-state index contributed by atoms with van der Waals surface area (Å²) in [5.74, 6) is -0.367. The van der Waals surface area contributed by atoms with Crippen molar-refractivity contribution in [1.82, 2.24) is 0 Å². The highest BCUT2D eigenvalue weighted by atomic mass is 31.2. The van der Waals surface area contributed by atoms with E-state index in [1.165, 1.54) is 25.7 Å². The van der Waals surface area contributed by atoms with E-state index < -0.39 is 13.9 Å². The van der Waals surface area contributed by atoms with Gasteiger partial charge >= 0.3 is 5.97 Å². The molecule has 0 radical (unpaired) electrons. The van der Waals surface area contributed by atoms with Crippen LogP contribution in [0.4, 0.5) is 0 Å². The van der Waals surface area contributed by atoms with Gasteiger partial charge in [-0.05, 0) is 89.9 Å². The number of unbranched alkanes of at least 4 members (excludes halogenated alkanes) is 11. The Hall–Kier alpha value is -2.58. The number of rotatable bonds is 41. The molecule has 0 amide bonds. The maximum Gasteiger partial charge on any atom is 0.306 e. The lowest BCUT2D eigenvalue weighted by Gasteiger charge is -2.28. The second-order valence-corrected chi connectivity index (χ2v) is 17.4. The van der Waals surface area contributed by atoms with E-state index >= 15 is 0 Å². The fourth-order valence-corrected chi connectivity index (χ4v) is 6.31. The number of hydrogen-bond acceptors (Lipinski definition) is 7. The third-order valence-electron chi connectivity index (χ3n) is 9.10. The van der Waals surface area contributed by atoms with Crippen LogP contribution in [0.2, 0.25) is 0 Å². The average Bonchev–Trinajstić information content (AvgIpc) is 3.19. The van der Waals surface area contributed by atoms with Crippen LogP contribution in [-0.4, -0.2) is 70.7 Å². The standard InChI is InChI=1S/C50H86NO7P/c1-6-8-10-12-14-16-18-20-22-23-24-25-26-27-28-29-30-31-33-35-37-39-41-43-50(52)58-49(48-57-59(53,54)56-46-44-51(3,4)5)47-55-45-42-40-38-36-34-32-21-19-17-15-13-11-9-7-2/h8,10-11,13-14,16-17,19-20,22,24-25,27-28,30-31,49H,6-7,9,12,15,18,21,23,26,29,32-48H2,1-5H3/b10-8-,13-11-,16-14-,19-17-,22-20-,25-24-,28-27-,31-30-. The largest absolute Gasteiger partial charge is 0.756 e. The number of phosphoric acid groups is 1. The molecule has 0 fully saturated rings. The molecule has 0 saturated heterocycles. The number of phosphoric ester groups is 1. The normalized spacial score (nSPS) is 14.6. The molecule has 0 rings (SSSR count). The third-order valence-corrected chi connectivity index (χ3v) is 10.1. The number of nitrogens with zero attached hydrogens (tertiary/aromatic N) is 1. The highest BCUT2D eigenvalue weighted by Gasteiger charge is 2.20. The molecular formula is C50H86NO7P. The summed E-state index contributed by atoms with van der Waals surface area (Å²) in [5.41, 5.74) is 0. The molecule has 0 aromatic heterocycles. The van der Waals surface area contributed by atoms with Gasteiger partial charge in [0.25, 0.3) is 7.82 Å². The zero-order chi connectivity index (χ0) is 43.4. The zero-order valence-electron chi connectivity index (χ0n) is 38.2. The second kappa shape index (κ2) is 42.1. The van der Waals surface area contributed by atoms with Crippen LogP contribution in [0, 0.1) is 0 Å². The number of quaternary nitrogens is 1. The van der Waals surface area contributed by atoms with E-state index in [0.29, 0.717) is 17.6 Å². The number of allylic oxidation sites excluding steroid dienone is 16. The number of esters is 1. The Bertz CT molecular complexity index is 1260. The first-order valence-electron chi connectivity index (χ1n) is 23.0. The van der Waals surface area contributed by atoms with Gasteiger partial charge in [-0.15, -0.1) is 0 Å². The maximum absolute atomic E-state index is 12.7. The molecule has 9 heteroatoms. The smallest absolute Gasteiger partial charge is 0.306 e. The number of hydrogen-bond donors (Lipinski definition) is 0. The first kappa shape index (κ1) is 56.4. The Morgan fingerprint density at radius 1 is 0.542 bits per heavy atom. The first-order valence-corrected chi connectivity index (χ1v) is 24.4. The van der Waals surface area contributed by atoms with E-state index in [1.807, 2.05) is 21.1 Å². The SMILES string of the molecule is CC/C=C\C/C=C\C/C=C\C/C=C\C/C=C\C/C=C\CCCCCCC(=O)OC(COCCCCCCCC/C=C\C/C=C\CCC)COP(=O)([O-])OCC[N+](C)(C)C. The van der Waals surface area contributed by atoms with E-state index in [9.17, 15) is 14.3 Å². The van der Waals surface area contributed by atoms with Crippen LogP contribution in [0.1, 0.15) is 155 Å². The quantitative estimate of drug-likeness (QED) is 0.0199. The van der Waals surface area contributed by atoms with Gasteiger partial charge in [-0.2, -0.15) is 0 Å². The fraction of sp³-hybridized carbons (Fsp3) is 0.660. The molecule has 0 aromatic rings. The molecule has 0 aliphatic heterocycles. The first-order chi connectivity index (χ1) is 28.6. The Balaban J connectivity index is 4.30. The van der Waals surface area contributed by atoms with E-state index in [-0.39, 0.29) is 32.2 Å². The van der Waals surface area contributed by atoms with E-state index in [0.717, 1.165) is 109 Å². The molecule has 0 bridgehead atoms. The molecule has 59 heavy (non-hydrogen) atoms. The minimum Gasteiger partial charge on any atom is -0.756 e. The van der Waals surface area contributed by atoms with Gasteiger partial charge in [0.05, 0.1) is 34.4 Å². The van der Waals surface area contributed by atoms with Gasteiger partial charge in [-0.3, -0.25) is 9.36 Å². The molecule has 8 nitrogen and oxygen atoms in total. The van der Waals surface area contributed by atoms with Crippen molar-refractivity contribution in [2.75, 3.05) is 54.1 Å². The Morgan fingerprint density at radius 2 is 0.983 bits per heavy atom. The van der Waals surface area contributed by atoms with Crippen molar-refractivity contribution >= 4 is 13.8 Å². The third kappa shape index (κ3) is 46.3. The van der Waals surface area contributed by atoms with Crippen molar-refractivity contribution in [2.24, 2.45) is 0 Å². The molecule has 2 unspecified atom stereocenters. The van der Waals surface area contributed by atoms with Crippen LogP contribution in [0.5, 0.6) is 0 Å². The summed E-state index contributed by atoms with van der Waals surface area (Å²) in [6.45, 7) is 5.14. The molecule has 0 N–H and O–H groups in total. The number of likely N-dealkylation sites (N-methyl/N-ethyl adjacent to an activating group) is 1. The van der Waals surface area contributed by atoms with Crippen LogP contribution in [-0.2, 0) is 27.9 Å². The predicted octanol–water partition coefficient (Wildman–Crippen LogP) is 13.2. The molecule has 0 spiro atoms. The summed E-state index contributed by atoms with van der Waals surface area (Å²) in [6.07, 6.45) is 57.1. The minimum atomic E-state index is -4.54. The molecule has 0 aromatic carbocycles. The molecule has 0 saturated carbocycles. The van der Waals surface area contributed by atoms with E-state index in [1.54, 1.807) is 0 Å². The lowest BCUT2D eigenvalue weighted by molar-refractivity contribution is -0.870. The van der Waals surface area contributed by atoms with Gasteiger partial charge < -0.3 is 27.9 Å². The minimum absolute atomic E-state index is 0.0126. The molecule has 0 heterocycles. The number of carbonyl (C=O) groups excluding carboxylic acids is 1. The van der Waals surface area contributed by atoms with E-state index in [2.05, 4.69) is 111 Å². The van der Waals surface area contributed by atoms with Crippen LogP contribution in [0.3, 0.4) is 0 Å². The van der Waals surface area contributed by atoms with Crippen molar-refractivity contribution in [3.8, 4) is 0 Å². The topological polar surface area (TPSA) is 94.1 Å². The van der Waals surface area contributed by atoms with Crippen LogP contribution < -0.4 is 4.89 Å². The summed E-state index contributed by atoms with van der Waals surface area (Å²) >= 11 is 0. The van der Waals surface area contributed by atoms with Gasteiger partial charge in [-0.1, -0.05) is 156 Å². The predicted molar refractivity (Wildman–Crippen MR) is 249 cm³/mol. The number of ether oxygens (including phenoxy) is 2. The Morgan fingerprint density at radius 3 is 1.47 bits per heavy atom. The van der Waals surface area contributed by atoms with Crippen molar-refractivity contribution in [2.45, 2.75) is 161 Å². The number of carbonyl (C=O) groups is 1. The highest BCUT2D eigenvalue weighted by Crippen LogP contribution is 2.38. The highest BCUT2D eigenvalue weighted by molar-refractivity contribution is 7.45. The summed E-state index contributed by atoms with van der Waals surface area (Å²) < 4.78 is 34.6. The Kier molecular flexibility index (Phi) is 40.3. The molecular weight excluding hydrogens is 758 g/mol. The van der Waals surface area contributed by atoms with E-state index in [4.69, 9.17) is 18.5 Å². The van der Waals surface area contributed by atoms with Gasteiger partial charge in [0.15, 0.2) is 0 Å². The van der Waals surface area contributed by atoms with Crippen molar-refractivity contribution < 1.29 is 37.3 Å². The Labute approximate surface area is 362 Å². The van der Waals surface area contributed by atoms with Crippen molar-refractivity contribution in [3.05, 3.63) is 97.2 Å². The van der Waals surface area contributed by atoms with Gasteiger partial charge in [0.1, 0.15) is 19.3 Å². The van der Waals surface area contributed by atoms with Gasteiger partial charge in [-0.25, -0.2) is 0 Å². The lowest BCUT2D eigenvalue weighted by atomic mass is 10.1. The van der Waals surface area contributed by atoms with Gasteiger partial charge in [0.2, 0.25) is 0 Å². The average molecular weight is 844 g/mol.